The lowest BCUT2D eigenvalue weighted by molar-refractivity contribution is -0.141. The monoisotopic (exact) mass is 340 g/mol. The molecule has 24 heavy (non-hydrogen) atoms. The molecule has 5 nitrogen and oxygen atoms in total. The molecular weight excluding hydrogens is 321 g/mol. The molecule has 8 heteroatoms. The molecule has 1 aliphatic heterocycles. The van der Waals surface area contributed by atoms with E-state index >= 15 is 0 Å². The van der Waals surface area contributed by atoms with Crippen molar-refractivity contribution in [2.24, 2.45) is 5.41 Å². The van der Waals surface area contributed by atoms with E-state index in [9.17, 15) is 23.2 Å². The summed E-state index contributed by atoms with van der Waals surface area (Å²) in [6, 6.07) is 3.22. The molecule has 1 N–H and O–H groups in total. The molecule has 130 valence electrons. The van der Waals surface area contributed by atoms with Crippen molar-refractivity contribution in [3.63, 3.8) is 0 Å². The van der Waals surface area contributed by atoms with Gasteiger partial charge in [0.1, 0.15) is 5.41 Å². The Hall–Kier alpha value is -2.04. The van der Waals surface area contributed by atoms with E-state index in [0.29, 0.717) is 44.5 Å². The normalized spacial score (nSPS) is 23.9. The van der Waals surface area contributed by atoms with Crippen LogP contribution in [0.3, 0.4) is 0 Å². The van der Waals surface area contributed by atoms with Crippen LogP contribution < -0.4 is 0 Å². The summed E-state index contributed by atoms with van der Waals surface area (Å²) in [7, 11) is 0. The smallest absolute Gasteiger partial charge is 0.341 e. The number of alkyl halides is 3. The fourth-order valence-corrected chi connectivity index (χ4v) is 3.76. The summed E-state index contributed by atoms with van der Waals surface area (Å²) in [5, 5.41) is 15.3. The van der Waals surface area contributed by atoms with E-state index in [1.54, 1.807) is 4.90 Å². The third-order valence-corrected chi connectivity index (χ3v) is 5.12. The molecule has 0 aromatic carbocycles. The highest BCUT2D eigenvalue weighted by Crippen LogP contribution is 2.40. The highest BCUT2D eigenvalue weighted by atomic mass is 19.4. The SMILES string of the molecule is N#CC1(C(=O)N2CCC[C@H](c3cc(C(F)(F)F)n[nH]3)C2)CCCC1. The maximum Gasteiger partial charge on any atom is 0.435 e. The number of aromatic nitrogens is 2. The topological polar surface area (TPSA) is 72.8 Å². The first-order chi connectivity index (χ1) is 11.4. The maximum atomic E-state index is 12.8. The predicted octanol–water partition coefficient (Wildman–Crippen LogP) is 3.22. The van der Waals surface area contributed by atoms with Crippen LogP contribution in [0.2, 0.25) is 0 Å². The van der Waals surface area contributed by atoms with Crippen molar-refractivity contribution in [2.75, 3.05) is 13.1 Å². The molecule has 2 fully saturated rings. The Morgan fingerprint density at radius 1 is 1.38 bits per heavy atom. The zero-order valence-electron chi connectivity index (χ0n) is 13.2. The number of H-pyrrole nitrogens is 1. The number of nitrogens with one attached hydrogen (secondary N) is 1. The second-order valence-electron chi connectivity index (χ2n) is 6.70. The summed E-state index contributed by atoms with van der Waals surface area (Å²) in [6.45, 7) is 0.890. The van der Waals surface area contributed by atoms with Crippen LogP contribution >= 0.6 is 0 Å². The maximum absolute atomic E-state index is 12.8. The quantitative estimate of drug-likeness (QED) is 0.898. The van der Waals surface area contributed by atoms with Crippen LogP contribution in [0.5, 0.6) is 0 Å². The number of nitrogens with zero attached hydrogens (tertiary/aromatic N) is 3. The minimum absolute atomic E-state index is 0.164. The molecule has 1 amide bonds. The molecular formula is C16H19F3N4O. The molecule has 2 heterocycles. The lowest BCUT2D eigenvalue weighted by Gasteiger charge is -2.36. The number of hydrogen-bond donors (Lipinski definition) is 1. The van der Waals surface area contributed by atoms with Crippen LogP contribution in [-0.2, 0) is 11.0 Å². The molecule has 1 aromatic heterocycles. The first-order valence-corrected chi connectivity index (χ1v) is 8.19. The number of carbonyl (C=O) groups excluding carboxylic acids is 1. The van der Waals surface area contributed by atoms with Crippen LogP contribution in [0, 0.1) is 16.7 Å². The summed E-state index contributed by atoms with van der Waals surface area (Å²) in [6.07, 6.45) is -0.190. The predicted molar refractivity (Wildman–Crippen MR) is 78.7 cm³/mol. The van der Waals surface area contributed by atoms with Crippen LogP contribution in [0.1, 0.15) is 55.8 Å². The minimum Gasteiger partial charge on any atom is -0.341 e. The van der Waals surface area contributed by atoms with Gasteiger partial charge in [0.25, 0.3) is 0 Å². The molecule has 1 aromatic rings. The summed E-state index contributed by atoms with van der Waals surface area (Å²) in [4.78, 5) is 14.4. The molecule has 3 rings (SSSR count). The van der Waals surface area contributed by atoms with Gasteiger partial charge >= 0.3 is 6.18 Å². The number of nitriles is 1. The number of rotatable bonds is 2. The Labute approximate surface area is 137 Å². The van der Waals surface area contributed by atoms with E-state index in [0.717, 1.165) is 18.9 Å². The van der Waals surface area contributed by atoms with Crippen molar-refractivity contribution in [3.8, 4) is 6.07 Å². The average molecular weight is 340 g/mol. The van der Waals surface area contributed by atoms with Crippen LogP contribution in [0.4, 0.5) is 13.2 Å². The third kappa shape index (κ3) is 2.99. The molecule has 0 unspecified atom stereocenters. The highest BCUT2D eigenvalue weighted by molar-refractivity contribution is 5.86. The van der Waals surface area contributed by atoms with E-state index in [-0.39, 0.29) is 11.8 Å². The number of halogens is 3. The van der Waals surface area contributed by atoms with Gasteiger partial charge in [0.05, 0.1) is 6.07 Å². The summed E-state index contributed by atoms with van der Waals surface area (Å²) in [5.41, 5.74) is -1.48. The van der Waals surface area contributed by atoms with Gasteiger partial charge in [0, 0.05) is 24.7 Å². The van der Waals surface area contributed by atoms with Crippen LogP contribution in [0.15, 0.2) is 6.07 Å². The van der Waals surface area contributed by atoms with Crippen molar-refractivity contribution in [2.45, 2.75) is 50.6 Å². The van der Waals surface area contributed by atoms with Crippen molar-refractivity contribution >= 4 is 5.91 Å². The van der Waals surface area contributed by atoms with E-state index in [1.807, 2.05) is 0 Å². The largest absolute Gasteiger partial charge is 0.435 e. The molecule has 1 aliphatic carbocycles. The number of likely N-dealkylation sites (tertiary alicyclic amines) is 1. The third-order valence-electron chi connectivity index (χ3n) is 5.12. The van der Waals surface area contributed by atoms with Gasteiger partial charge in [0.15, 0.2) is 5.69 Å². The van der Waals surface area contributed by atoms with Crippen molar-refractivity contribution in [3.05, 3.63) is 17.5 Å². The molecule has 2 aliphatic rings. The Bertz CT molecular complexity index is 655. The number of piperidine rings is 1. The van der Waals surface area contributed by atoms with Crippen molar-refractivity contribution in [1.82, 2.24) is 15.1 Å². The lowest BCUT2D eigenvalue weighted by atomic mass is 9.84. The first-order valence-electron chi connectivity index (χ1n) is 8.19. The van der Waals surface area contributed by atoms with E-state index in [2.05, 4.69) is 16.3 Å². The Morgan fingerprint density at radius 3 is 2.67 bits per heavy atom. The van der Waals surface area contributed by atoms with Gasteiger partial charge in [-0.25, -0.2) is 0 Å². The van der Waals surface area contributed by atoms with Crippen LogP contribution in [0.25, 0.3) is 0 Å². The fourth-order valence-electron chi connectivity index (χ4n) is 3.76. The zero-order chi connectivity index (χ0) is 17.4. The van der Waals surface area contributed by atoms with E-state index < -0.39 is 17.3 Å². The summed E-state index contributed by atoms with van der Waals surface area (Å²) in [5.74, 6) is -0.369. The Morgan fingerprint density at radius 2 is 2.08 bits per heavy atom. The standard InChI is InChI=1S/C16H19F3N4O/c17-16(18,19)13-8-12(21-22-13)11-4-3-7-23(9-11)14(24)15(10-20)5-1-2-6-15/h8,11H,1-7,9H2,(H,21,22)/t11-/m0/s1. The fraction of sp³-hybridized carbons (Fsp3) is 0.688. The van der Waals surface area contributed by atoms with E-state index in [4.69, 9.17) is 0 Å². The number of aromatic amines is 1. The average Bonchev–Trinajstić information content (AvgIpc) is 3.24. The van der Waals surface area contributed by atoms with Crippen LogP contribution in [-0.4, -0.2) is 34.1 Å². The highest BCUT2D eigenvalue weighted by Gasteiger charge is 2.45. The molecule has 0 spiro atoms. The van der Waals surface area contributed by atoms with Gasteiger partial charge in [-0.15, -0.1) is 0 Å². The van der Waals surface area contributed by atoms with Gasteiger partial charge in [-0.3, -0.25) is 9.89 Å². The van der Waals surface area contributed by atoms with Gasteiger partial charge in [0.2, 0.25) is 5.91 Å². The molecule has 0 bridgehead atoms. The van der Waals surface area contributed by atoms with Gasteiger partial charge < -0.3 is 4.90 Å². The lowest BCUT2D eigenvalue weighted by Crippen LogP contribution is -2.46. The Balaban J connectivity index is 1.74. The molecule has 1 saturated carbocycles. The minimum atomic E-state index is -4.48. The van der Waals surface area contributed by atoms with Gasteiger partial charge in [-0.05, 0) is 31.7 Å². The zero-order valence-corrected chi connectivity index (χ0v) is 13.2. The summed E-state index contributed by atoms with van der Waals surface area (Å²) < 4.78 is 38.1. The molecule has 0 radical (unpaired) electrons. The van der Waals surface area contributed by atoms with Gasteiger partial charge in [-0.1, -0.05) is 12.8 Å². The van der Waals surface area contributed by atoms with E-state index in [1.165, 1.54) is 0 Å². The number of hydrogen-bond acceptors (Lipinski definition) is 3. The van der Waals surface area contributed by atoms with Crippen molar-refractivity contribution in [1.29, 1.82) is 5.26 Å². The molecule has 1 atom stereocenters. The van der Waals surface area contributed by atoms with Crippen molar-refractivity contribution < 1.29 is 18.0 Å². The second-order valence-corrected chi connectivity index (χ2v) is 6.70. The van der Waals surface area contributed by atoms with Gasteiger partial charge in [-0.2, -0.15) is 23.5 Å². The Kier molecular flexibility index (Phi) is 4.28. The molecule has 1 saturated heterocycles. The number of carbonyl (C=O) groups is 1. The summed E-state index contributed by atoms with van der Waals surface area (Å²) >= 11 is 0. The number of amides is 1. The second kappa shape index (κ2) is 6.11. The first kappa shape index (κ1) is 16.8.